The fourth-order valence-corrected chi connectivity index (χ4v) is 3.99. The quantitative estimate of drug-likeness (QED) is 0.294. The van der Waals surface area contributed by atoms with E-state index < -0.39 is 0 Å². The normalized spacial score (nSPS) is 12.7. The highest BCUT2D eigenvalue weighted by atomic mass is 79.9. The molecule has 0 bridgehead atoms. The van der Waals surface area contributed by atoms with Crippen molar-refractivity contribution < 1.29 is 9.52 Å². The van der Waals surface area contributed by atoms with E-state index in [1.54, 1.807) is 18.3 Å². The van der Waals surface area contributed by atoms with Crippen LogP contribution >= 0.6 is 27.5 Å². The molecule has 0 saturated carbocycles. The van der Waals surface area contributed by atoms with Gasteiger partial charge in [-0.2, -0.15) is 0 Å². The summed E-state index contributed by atoms with van der Waals surface area (Å²) in [6.07, 6.45) is 2.66. The Labute approximate surface area is 188 Å². The number of aromatic hydroxyl groups is 1. The van der Waals surface area contributed by atoms with Crippen molar-refractivity contribution in [2.45, 2.75) is 26.2 Å². The zero-order valence-corrected chi connectivity index (χ0v) is 18.9. The van der Waals surface area contributed by atoms with Crippen LogP contribution in [0.1, 0.15) is 37.3 Å². The van der Waals surface area contributed by atoms with Crippen molar-refractivity contribution in [2.24, 2.45) is 4.99 Å². The smallest absolute Gasteiger partial charge is 0.227 e. The Balaban J connectivity index is 1.65. The van der Waals surface area contributed by atoms with E-state index in [-0.39, 0.29) is 5.75 Å². The standard InChI is InChI=1S/C24H20BrClN2O2/c1-3-14(2)15-7-8-22-21(11-15)28-24(30-22)16-5-4-6-19(10-16)27-13-17-9-18(26)12-20(25)23(17)29/h4-14,29H,3H2,1-2H3/t14-/m1/s1. The third kappa shape index (κ3) is 4.27. The summed E-state index contributed by atoms with van der Waals surface area (Å²) in [5.74, 6) is 1.13. The summed E-state index contributed by atoms with van der Waals surface area (Å²) in [7, 11) is 0. The van der Waals surface area contributed by atoms with E-state index in [4.69, 9.17) is 16.0 Å². The highest BCUT2D eigenvalue weighted by Crippen LogP contribution is 2.32. The number of phenolic OH excluding ortho intramolecular Hbond substituents is 1. The number of hydrogen-bond donors (Lipinski definition) is 1. The molecule has 1 heterocycles. The van der Waals surface area contributed by atoms with Crippen LogP contribution in [0.25, 0.3) is 22.6 Å². The molecule has 4 nitrogen and oxygen atoms in total. The third-order valence-corrected chi connectivity index (χ3v) is 5.92. The minimum Gasteiger partial charge on any atom is -0.506 e. The molecule has 3 aromatic carbocycles. The number of rotatable bonds is 5. The molecule has 0 unspecified atom stereocenters. The molecule has 152 valence electrons. The van der Waals surface area contributed by atoms with Crippen LogP contribution in [0.15, 0.2) is 68.5 Å². The van der Waals surface area contributed by atoms with Crippen molar-refractivity contribution in [1.29, 1.82) is 0 Å². The summed E-state index contributed by atoms with van der Waals surface area (Å²) in [4.78, 5) is 9.15. The first-order valence-electron chi connectivity index (χ1n) is 9.67. The van der Waals surface area contributed by atoms with Crippen LogP contribution < -0.4 is 0 Å². The summed E-state index contributed by atoms with van der Waals surface area (Å²) in [5.41, 5.74) is 4.95. The first-order valence-corrected chi connectivity index (χ1v) is 10.8. The molecule has 0 aliphatic carbocycles. The Bertz CT molecular complexity index is 1250. The van der Waals surface area contributed by atoms with Gasteiger partial charge in [0.25, 0.3) is 0 Å². The lowest BCUT2D eigenvalue weighted by atomic mass is 9.98. The van der Waals surface area contributed by atoms with Crippen molar-refractivity contribution in [3.05, 3.63) is 75.2 Å². The average Bonchev–Trinajstić information content (AvgIpc) is 3.18. The zero-order valence-electron chi connectivity index (χ0n) is 16.6. The molecular formula is C24H20BrClN2O2. The highest BCUT2D eigenvalue weighted by Gasteiger charge is 2.11. The number of nitrogens with zero attached hydrogens (tertiary/aromatic N) is 2. The van der Waals surface area contributed by atoms with Crippen LogP contribution in [0.5, 0.6) is 5.75 Å². The van der Waals surface area contributed by atoms with E-state index in [9.17, 15) is 5.11 Å². The Morgan fingerprint density at radius 2 is 2.03 bits per heavy atom. The van der Waals surface area contributed by atoms with Crippen molar-refractivity contribution in [2.75, 3.05) is 0 Å². The lowest BCUT2D eigenvalue weighted by Crippen LogP contribution is -1.90. The molecule has 0 saturated heterocycles. The van der Waals surface area contributed by atoms with Crippen LogP contribution in [0, 0.1) is 0 Å². The molecule has 30 heavy (non-hydrogen) atoms. The van der Waals surface area contributed by atoms with Crippen LogP contribution in [0.4, 0.5) is 5.69 Å². The Morgan fingerprint density at radius 1 is 1.20 bits per heavy atom. The highest BCUT2D eigenvalue weighted by molar-refractivity contribution is 9.10. The maximum absolute atomic E-state index is 10.2. The van der Waals surface area contributed by atoms with Gasteiger partial charge in [-0.1, -0.05) is 37.6 Å². The zero-order chi connectivity index (χ0) is 21.3. The largest absolute Gasteiger partial charge is 0.506 e. The van der Waals surface area contributed by atoms with E-state index in [1.165, 1.54) is 5.56 Å². The van der Waals surface area contributed by atoms with Gasteiger partial charge < -0.3 is 9.52 Å². The molecular weight excluding hydrogens is 464 g/mol. The molecule has 0 aliphatic rings. The molecule has 0 aliphatic heterocycles. The minimum absolute atomic E-state index is 0.0929. The van der Waals surface area contributed by atoms with Crippen LogP contribution in [-0.4, -0.2) is 16.3 Å². The number of oxazole rings is 1. The van der Waals surface area contributed by atoms with Gasteiger partial charge in [0.2, 0.25) is 5.89 Å². The maximum Gasteiger partial charge on any atom is 0.227 e. The van der Waals surface area contributed by atoms with E-state index in [0.717, 1.165) is 23.1 Å². The summed E-state index contributed by atoms with van der Waals surface area (Å²) in [5, 5.41) is 10.7. The van der Waals surface area contributed by atoms with Gasteiger partial charge in [0, 0.05) is 22.4 Å². The van der Waals surface area contributed by atoms with Crippen molar-refractivity contribution >= 4 is 50.5 Å². The lowest BCUT2D eigenvalue weighted by Gasteiger charge is -2.07. The minimum atomic E-state index is 0.0929. The fourth-order valence-electron chi connectivity index (χ4n) is 3.16. The number of phenols is 1. The second-order valence-electron chi connectivity index (χ2n) is 7.19. The summed E-state index contributed by atoms with van der Waals surface area (Å²) < 4.78 is 6.49. The van der Waals surface area contributed by atoms with Gasteiger partial charge in [-0.25, -0.2) is 4.98 Å². The second kappa shape index (κ2) is 8.62. The van der Waals surface area contributed by atoms with Crippen LogP contribution in [-0.2, 0) is 0 Å². The fraction of sp³-hybridized carbons (Fsp3) is 0.167. The first-order chi connectivity index (χ1) is 14.4. The van der Waals surface area contributed by atoms with Gasteiger partial charge in [0.15, 0.2) is 5.58 Å². The predicted octanol–water partition coefficient (Wildman–Crippen LogP) is 7.88. The topological polar surface area (TPSA) is 58.6 Å². The van der Waals surface area contributed by atoms with Gasteiger partial charge in [0.05, 0.1) is 10.2 Å². The Morgan fingerprint density at radius 3 is 2.83 bits per heavy atom. The summed E-state index contributed by atoms with van der Waals surface area (Å²) in [6.45, 7) is 4.39. The molecule has 0 fully saturated rings. The van der Waals surface area contributed by atoms with Gasteiger partial charge in [-0.15, -0.1) is 0 Å². The molecule has 1 atom stereocenters. The average molecular weight is 484 g/mol. The van der Waals surface area contributed by atoms with Gasteiger partial charge in [-0.05, 0) is 76.3 Å². The summed E-state index contributed by atoms with van der Waals surface area (Å²) in [6, 6.07) is 17.1. The molecule has 4 aromatic rings. The van der Waals surface area contributed by atoms with Gasteiger partial charge in [-0.3, -0.25) is 4.99 Å². The Hall–Kier alpha value is -2.63. The van der Waals surface area contributed by atoms with E-state index >= 15 is 0 Å². The summed E-state index contributed by atoms with van der Waals surface area (Å²) >= 11 is 9.35. The van der Waals surface area contributed by atoms with E-state index in [0.29, 0.717) is 32.6 Å². The lowest BCUT2D eigenvalue weighted by molar-refractivity contribution is 0.471. The maximum atomic E-state index is 10.2. The van der Waals surface area contributed by atoms with Crippen molar-refractivity contribution in [1.82, 2.24) is 4.98 Å². The molecule has 1 N–H and O–H groups in total. The van der Waals surface area contributed by atoms with Crippen molar-refractivity contribution in [3.63, 3.8) is 0 Å². The Kier molecular flexibility index (Phi) is 5.93. The second-order valence-corrected chi connectivity index (χ2v) is 8.48. The number of benzene rings is 3. The molecule has 1 aromatic heterocycles. The third-order valence-electron chi connectivity index (χ3n) is 5.10. The van der Waals surface area contributed by atoms with Crippen LogP contribution in [0.2, 0.25) is 5.02 Å². The van der Waals surface area contributed by atoms with Gasteiger partial charge >= 0.3 is 0 Å². The number of aliphatic imine (C=N–C) groups is 1. The van der Waals surface area contributed by atoms with Crippen LogP contribution in [0.3, 0.4) is 0 Å². The number of fused-ring (bicyclic) bond motifs is 1. The van der Waals surface area contributed by atoms with Gasteiger partial charge in [0.1, 0.15) is 11.3 Å². The molecule has 4 rings (SSSR count). The van der Waals surface area contributed by atoms with E-state index in [1.807, 2.05) is 30.3 Å². The first kappa shape index (κ1) is 20.6. The number of hydrogen-bond acceptors (Lipinski definition) is 4. The molecule has 0 radical (unpaired) electrons. The monoisotopic (exact) mass is 482 g/mol. The van der Waals surface area contributed by atoms with E-state index in [2.05, 4.69) is 51.9 Å². The molecule has 0 amide bonds. The molecule has 0 spiro atoms. The molecule has 6 heteroatoms. The number of aromatic nitrogens is 1. The number of halogens is 2. The SMILES string of the molecule is CC[C@@H](C)c1ccc2oc(-c3cccc(N=Cc4cc(Cl)cc(Br)c4O)c3)nc2c1. The van der Waals surface area contributed by atoms with Crippen molar-refractivity contribution in [3.8, 4) is 17.2 Å². The predicted molar refractivity (Wildman–Crippen MR) is 126 cm³/mol.